The van der Waals surface area contributed by atoms with Gasteiger partial charge in [0.15, 0.2) is 11.5 Å². The molecule has 0 radical (unpaired) electrons. The lowest BCUT2D eigenvalue weighted by molar-refractivity contribution is -0.114. The number of carbonyl (C=O) groups excluding carboxylic acids is 2. The SMILES string of the molecule is CC(=O)Nc1ccc(-n2nnc(C(=O)N3CCN(c4ccccn4)CC3)c2N)cc1. The highest BCUT2D eigenvalue weighted by molar-refractivity contribution is 5.96. The van der Waals surface area contributed by atoms with Gasteiger partial charge in [0, 0.05) is 45.0 Å². The van der Waals surface area contributed by atoms with Crippen LogP contribution in [0.3, 0.4) is 0 Å². The Morgan fingerprint density at radius 3 is 2.40 bits per heavy atom. The molecule has 10 heteroatoms. The predicted molar refractivity (Wildman–Crippen MR) is 112 cm³/mol. The van der Waals surface area contributed by atoms with Crippen LogP contribution in [0.2, 0.25) is 0 Å². The molecule has 4 rings (SSSR count). The van der Waals surface area contributed by atoms with E-state index in [1.165, 1.54) is 11.6 Å². The molecule has 10 nitrogen and oxygen atoms in total. The molecule has 30 heavy (non-hydrogen) atoms. The molecule has 3 heterocycles. The number of hydrogen-bond donors (Lipinski definition) is 2. The van der Waals surface area contributed by atoms with E-state index in [0.29, 0.717) is 37.6 Å². The van der Waals surface area contributed by atoms with E-state index in [1.54, 1.807) is 35.4 Å². The average Bonchev–Trinajstić information content (AvgIpc) is 3.15. The molecule has 154 valence electrons. The van der Waals surface area contributed by atoms with Crippen LogP contribution in [-0.2, 0) is 4.79 Å². The number of nitrogen functional groups attached to an aromatic ring is 1. The number of piperazine rings is 1. The molecule has 3 aromatic rings. The van der Waals surface area contributed by atoms with Crippen LogP contribution in [0, 0.1) is 0 Å². The number of nitrogens with zero attached hydrogens (tertiary/aromatic N) is 6. The maximum atomic E-state index is 12.9. The van der Waals surface area contributed by atoms with Gasteiger partial charge in [-0.05, 0) is 36.4 Å². The second-order valence-electron chi connectivity index (χ2n) is 6.93. The minimum absolute atomic E-state index is 0.132. The number of pyridine rings is 1. The van der Waals surface area contributed by atoms with Crippen molar-refractivity contribution < 1.29 is 9.59 Å². The third-order valence-corrected chi connectivity index (χ3v) is 4.88. The molecule has 0 aliphatic carbocycles. The zero-order chi connectivity index (χ0) is 21.1. The molecule has 1 saturated heterocycles. The van der Waals surface area contributed by atoms with Crippen molar-refractivity contribution in [3.63, 3.8) is 0 Å². The zero-order valence-electron chi connectivity index (χ0n) is 16.5. The summed E-state index contributed by atoms with van der Waals surface area (Å²) in [5, 5.41) is 10.8. The molecule has 1 aliphatic heterocycles. The van der Waals surface area contributed by atoms with E-state index in [-0.39, 0.29) is 23.3 Å². The van der Waals surface area contributed by atoms with Gasteiger partial charge < -0.3 is 20.9 Å². The van der Waals surface area contributed by atoms with Gasteiger partial charge in [-0.3, -0.25) is 9.59 Å². The minimum Gasteiger partial charge on any atom is -0.382 e. The van der Waals surface area contributed by atoms with E-state index in [1.807, 2.05) is 18.2 Å². The van der Waals surface area contributed by atoms with E-state index in [2.05, 4.69) is 25.5 Å². The van der Waals surface area contributed by atoms with Crippen molar-refractivity contribution in [2.75, 3.05) is 42.1 Å². The lowest BCUT2D eigenvalue weighted by Gasteiger charge is -2.35. The highest BCUT2D eigenvalue weighted by Crippen LogP contribution is 2.20. The Balaban J connectivity index is 1.45. The van der Waals surface area contributed by atoms with Crippen molar-refractivity contribution in [1.29, 1.82) is 0 Å². The molecule has 0 saturated carbocycles. The fourth-order valence-corrected chi connectivity index (χ4v) is 3.35. The van der Waals surface area contributed by atoms with E-state index in [9.17, 15) is 9.59 Å². The van der Waals surface area contributed by atoms with E-state index < -0.39 is 0 Å². The normalized spacial score (nSPS) is 13.9. The molecule has 1 fully saturated rings. The number of hydrogen-bond acceptors (Lipinski definition) is 7. The van der Waals surface area contributed by atoms with Crippen LogP contribution in [0.15, 0.2) is 48.7 Å². The van der Waals surface area contributed by atoms with E-state index >= 15 is 0 Å². The Morgan fingerprint density at radius 2 is 1.77 bits per heavy atom. The van der Waals surface area contributed by atoms with Gasteiger partial charge in [0.2, 0.25) is 5.91 Å². The minimum atomic E-state index is -0.241. The molecule has 0 atom stereocenters. The number of aromatic nitrogens is 4. The van der Waals surface area contributed by atoms with Crippen molar-refractivity contribution in [2.45, 2.75) is 6.92 Å². The van der Waals surface area contributed by atoms with Crippen molar-refractivity contribution >= 4 is 29.1 Å². The highest BCUT2D eigenvalue weighted by atomic mass is 16.2. The molecule has 0 bridgehead atoms. The summed E-state index contributed by atoms with van der Waals surface area (Å²) in [6, 6.07) is 12.7. The smallest absolute Gasteiger partial charge is 0.278 e. The van der Waals surface area contributed by atoms with Crippen LogP contribution in [0.4, 0.5) is 17.3 Å². The molecule has 1 aliphatic rings. The van der Waals surface area contributed by atoms with Gasteiger partial charge >= 0.3 is 0 Å². The van der Waals surface area contributed by atoms with Crippen LogP contribution >= 0.6 is 0 Å². The summed E-state index contributed by atoms with van der Waals surface area (Å²) in [5.74, 6) is 0.686. The van der Waals surface area contributed by atoms with Crippen molar-refractivity contribution in [1.82, 2.24) is 24.9 Å². The summed E-state index contributed by atoms with van der Waals surface area (Å²) >= 11 is 0. The van der Waals surface area contributed by atoms with Crippen LogP contribution < -0.4 is 16.0 Å². The van der Waals surface area contributed by atoms with Crippen LogP contribution in [0.5, 0.6) is 0 Å². The van der Waals surface area contributed by atoms with E-state index in [0.717, 1.165) is 5.82 Å². The molecule has 2 aromatic heterocycles. The first-order valence-electron chi connectivity index (χ1n) is 9.57. The first-order valence-corrected chi connectivity index (χ1v) is 9.57. The predicted octanol–water partition coefficient (Wildman–Crippen LogP) is 1.17. The number of rotatable bonds is 4. The third kappa shape index (κ3) is 3.93. The second-order valence-corrected chi connectivity index (χ2v) is 6.93. The number of carbonyl (C=O) groups is 2. The molecule has 1 aromatic carbocycles. The number of amides is 2. The zero-order valence-corrected chi connectivity index (χ0v) is 16.5. The molecular weight excluding hydrogens is 384 g/mol. The Kier molecular flexibility index (Phi) is 5.29. The lowest BCUT2D eigenvalue weighted by atomic mass is 10.2. The number of anilines is 3. The lowest BCUT2D eigenvalue weighted by Crippen LogP contribution is -2.49. The van der Waals surface area contributed by atoms with Gasteiger partial charge in [-0.15, -0.1) is 5.10 Å². The Hall–Kier alpha value is -3.95. The molecule has 2 amide bonds. The van der Waals surface area contributed by atoms with Gasteiger partial charge in [0.05, 0.1) is 5.69 Å². The average molecular weight is 406 g/mol. The van der Waals surface area contributed by atoms with Gasteiger partial charge in [-0.1, -0.05) is 11.3 Å². The number of nitrogens with one attached hydrogen (secondary N) is 1. The largest absolute Gasteiger partial charge is 0.382 e. The summed E-state index contributed by atoms with van der Waals surface area (Å²) in [5.41, 5.74) is 7.62. The maximum Gasteiger partial charge on any atom is 0.278 e. The fourth-order valence-electron chi connectivity index (χ4n) is 3.35. The standard InChI is InChI=1S/C20H22N8O2/c1-14(29)23-15-5-7-16(8-6-15)28-19(21)18(24-25-28)20(30)27-12-10-26(11-13-27)17-4-2-3-9-22-17/h2-9H,10-13,21H2,1H3,(H,23,29). The first kappa shape index (κ1) is 19.4. The highest BCUT2D eigenvalue weighted by Gasteiger charge is 2.27. The fraction of sp³-hybridized carbons (Fsp3) is 0.250. The van der Waals surface area contributed by atoms with Crippen molar-refractivity contribution in [2.24, 2.45) is 0 Å². The van der Waals surface area contributed by atoms with Gasteiger partial charge in [0.25, 0.3) is 5.91 Å². The van der Waals surface area contributed by atoms with Crippen molar-refractivity contribution in [3.8, 4) is 5.69 Å². The Morgan fingerprint density at radius 1 is 1.03 bits per heavy atom. The van der Waals surface area contributed by atoms with Gasteiger partial charge in [-0.25, -0.2) is 4.98 Å². The van der Waals surface area contributed by atoms with Crippen molar-refractivity contribution in [3.05, 3.63) is 54.4 Å². The quantitative estimate of drug-likeness (QED) is 0.667. The summed E-state index contributed by atoms with van der Waals surface area (Å²) in [7, 11) is 0. The molecule has 3 N–H and O–H groups in total. The second kappa shape index (κ2) is 8.19. The van der Waals surface area contributed by atoms with Gasteiger partial charge in [-0.2, -0.15) is 4.68 Å². The summed E-state index contributed by atoms with van der Waals surface area (Å²) in [4.78, 5) is 32.3. The molecule has 0 spiro atoms. The third-order valence-electron chi connectivity index (χ3n) is 4.88. The van der Waals surface area contributed by atoms with Crippen LogP contribution in [0.1, 0.15) is 17.4 Å². The Bertz CT molecular complexity index is 1040. The summed E-state index contributed by atoms with van der Waals surface area (Å²) in [6.07, 6.45) is 1.76. The maximum absolute atomic E-state index is 12.9. The van der Waals surface area contributed by atoms with Crippen LogP contribution in [0.25, 0.3) is 5.69 Å². The summed E-state index contributed by atoms with van der Waals surface area (Å²) in [6.45, 7) is 3.90. The number of benzene rings is 1. The van der Waals surface area contributed by atoms with E-state index in [4.69, 9.17) is 5.73 Å². The monoisotopic (exact) mass is 406 g/mol. The summed E-state index contributed by atoms with van der Waals surface area (Å²) < 4.78 is 1.41. The number of nitrogens with two attached hydrogens (primary N) is 1. The Labute approximate surface area is 173 Å². The molecule has 0 unspecified atom stereocenters. The molecular formula is C20H22N8O2. The topological polar surface area (TPSA) is 122 Å². The van der Waals surface area contributed by atoms with Gasteiger partial charge in [0.1, 0.15) is 5.82 Å². The first-order chi connectivity index (χ1) is 14.5. The van der Waals surface area contributed by atoms with Crippen LogP contribution in [-0.4, -0.2) is 62.9 Å².